The molecule has 90 valence electrons. The van der Waals surface area contributed by atoms with Crippen LogP contribution in [0, 0.1) is 5.92 Å². The second-order valence-electron chi connectivity index (χ2n) is 5.08. The summed E-state index contributed by atoms with van der Waals surface area (Å²) in [6, 6.07) is 8.49. The van der Waals surface area contributed by atoms with Crippen molar-refractivity contribution in [3.8, 4) is 0 Å². The summed E-state index contributed by atoms with van der Waals surface area (Å²) in [4.78, 5) is 12.1. The Morgan fingerprint density at radius 2 is 2.29 bits per heavy atom. The van der Waals surface area contributed by atoms with Crippen molar-refractivity contribution >= 4 is 11.6 Å². The van der Waals surface area contributed by atoms with E-state index in [1.165, 1.54) is 12.0 Å². The van der Waals surface area contributed by atoms with Crippen molar-refractivity contribution < 1.29 is 4.79 Å². The van der Waals surface area contributed by atoms with Gasteiger partial charge in [-0.3, -0.25) is 4.79 Å². The highest BCUT2D eigenvalue weighted by Crippen LogP contribution is 2.33. The summed E-state index contributed by atoms with van der Waals surface area (Å²) in [6.45, 7) is 2.18. The van der Waals surface area contributed by atoms with Crippen LogP contribution in [0.4, 0.5) is 5.69 Å². The van der Waals surface area contributed by atoms with Crippen molar-refractivity contribution in [3.05, 3.63) is 29.8 Å². The number of carbonyl (C=O) groups is 1. The summed E-state index contributed by atoms with van der Waals surface area (Å²) in [7, 11) is 0. The van der Waals surface area contributed by atoms with Gasteiger partial charge >= 0.3 is 0 Å². The third-order valence-electron chi connectivity index (χ3n) is 3.86. The van der Waals surface area contributed by atoms with Gasteiger partial charge in [0.25, 0.3) is 0 Å². The molecule has 1 aliphatic heterocycles. The Morgan fingerprint density at radius 3 is 3.00 bits per heavy atom. The minimum Gasteiger partial charge on any atom is -0.373 e. The Labute approximate surface area is 102 Å². The molecule has 0 spiro atoms. The standard InChI is InChI=1S/C14H18N2O/c1-2-9-7-12(9)16-14(17)13-8-10-5-3-4-6-11(10)15-13/h3-6,9,12-13,15H,2,7-8H2,1H3,(H,16,17)/t9?,12?,13-/m0/s1. The molecule has 0 bridgehead atoms. The zero-order chi connectivity index (χ0) is 11.8. The first kappa shape index (κ1) is 10.6. The largest absolute Gasteiger partial charge is 0.373 e. The van der Waals surface area contributed by atoms with Gasteiger partial charge in [0.2, 0.25) is 5.91 Å². The zero-order valence-electron chi connectivity index (χ0n) is 10.1. The fourth-order valence-electron chi connectivity index (χ4n) is 2.61. The van der Waals surface area contributed by atoms with E-state index < -0.39 is 0 Å². The van der Waals surface area contributed by atoms with Crippen LogP contribution in [0.15, 0.2) is 24.3 Å². The van der Waals surface area contributed by atoms with Gasteiger partial charge in [0.05, 0.1) is 0 Å². The maximum atomic E-state index is 12.1. The minimum absolute atomic E-state index is 0.0782. The van der Waals surface area contributed by atoms with E-state index in [2.05, 4.69) is 23.6 Å². The van der Waals surface area contributed by atoms with Crippen LogP contribution in [0.1, 0.15) is 25.3 Å². The third-order valence-corrected chi connectivity index (χ3v) is 3.86. The van der Waals surface area contributed by atoms with E-state index in [0.717, 1.165) is 18.5 Å². The molecule has 1 aromatic carbocycles. The van der Waals surface area contributed by atoms with Crippen molar-refractivity contribution in [1.82, 2.24) is 5.32 Å². The van der Waals surface area contributed by atoms with Crippen molar-refractivity contribution in [2.24, 2.45) is 5.92 Å². The van der Waals surface area contributed by atoms with Crippen LogP contribution in [0.5, 0.6) is 0 Å². The molecule has 2 N–H and O–H groups in total. The van der Waals surface area contributed by atoms with E-state index >= 15 is 0 Å². The van der Waals surface area contributed by atoms with Crippen LogP contribution in [-0.2, 0) is 11.2 Å². The minimum atomic E-state index is -0.0782. The first-order valence-electron chi connectivity index (χ1n) is 6.42. The van der Waals surface area contributed by atoms with Crippen molar-refractivity contribution in [2.45, 2.75) is 38.3 Å². The molecule has 2 aliphatic rings. The van der Waals surface area contributed by atoms with Crippen LogP contribution in [-0.4, -0.2) is 18.0 Å². The fourth-order valence-corrected chi connectivity index (χ4v) is 2.61. The Balaban J connectivity index is 1.59. The summed E-state index contributed by atoms with van der Waals surface area (Å²) < 4.78 is 0. The highest BCUT2D eigenvalue weighted by Gasteiger charge is 2.38. The molecule has 3 nitrogen and oxygen atoms in total. The molecular formula is C14H18N2O. The molecule has 2 unspecified atom stereocenters. The van der Waals surface area contributed by atoms with Gasteiger partial charge < -0.3 is 10.6 Å². The van der Waals surface area contributed by atoms with E-state index in [-0.39, 0.29) is 11.9 Å². The van der Waals surface area contributed by atoms with Gasteiger partial charge in [-0.25, -0.2) is 0 Å². The topological polar surface area (TPSA) is 41.1 Å². The summed E-state index contributed by atoms with van der Waals surface area (Å²) in [5, 5.41) is 6.42. The molecule has 1 aromatic rings. The summed E-state index contributed by atoms with van der Waals surface area (Å²) in [5.41, 5.74) is 2.35. The summed E-state index contributed by atoms with van der Waals surface area (Å²) in [6.07, 6.45) is 3.14. The number of fused-ring (bicyclic) bond motifs is 1. The van der Waals surface area contributed by atoms with E-state index in [1.54, 1.807) is 0 Å². The van der Waals surface area contributed by atoms with Gasteiger partial charge in [0, 0.05) is 18.2 Å². The number of amides is 1. The number of hydrogen-bond donors (Lipinski definition) is 2. The Morgan fingerprint density at radius 1 is 1.47 bits per heavy atom. The third kappa shape index (κ3) is 2.02. The second-order valence-corrected chi connectivity index (χ2v) is 5.08. The molecule has 0 saturated heterocycles. The predicted molar refractivity (Wildman–Crippen MR) is 67.9 cm³/mol. The zero-order valence-corrected chi connectivity index (χ0v) is 10.1. The van der Waals surface area contributed by atoms with Crippen LogP contribution in [0.2, 0.25) is 0 Å². The van der Waals surface area contributed by atoms with Crippen molar-refractivity contribution in [3.63, 3.8) is 0 Å². The fraction of sp³-hybridized carbons (Fsp3) is 0.500. The van der Waals surface area contributed by atoms with Gasteiger partial charge in [-0.1, -0.05) is 31.5 Å². The van der Waals surface area contributed by atoms with Crippen LogP contribution in [0.25, 0.3) is 0 Å². The molecule has 1 saturated carbocycles. The molecule has 0 aromatic heterocycles. The van der Waals surface area contributed by atoms with Gasteiger partial charge in [-0.05, 0) is 24.0 Å². The number of para-hydroxylation sites is 1. The maximum absolute atomic E-state index is 12.1. The first-order chi connectivity index (χ1) is 8.28. The highest BCUT2D eigenvalue weighted by atomic mass is 16.2. The number of rotatable bonds is 3. The lowest BCUT2D eigenvalue weighted by Gasteiger charge is -2.11. The smallest absolute Gasteiger partial charge is 0.243 e. The average Bonchev–Trinajstić information content (AvgIpc) is 2.94. The number of nitrogens with one attached hydrogen (secondary N) is 2. The molecule has 1 heterocycles. The van der Waals surface area contributed by atoms with Crippen LogP contribution < -0.4 is 10.6 Å². The SMILES string of the molecule is CCC1CC1NC(=O)[C@@H]1Cc2ccccc2N1. The van der Waals surface area contributed by atoms with Crippen molar-refractivity contribution in [2.75, 3.05) is 5.32 Å². The molecule has 1 aliphatic carbocycles. The maximum Gasteiger partial charge on any atom is 0.243 e. The lowest BCUT2D eigenvalue weighted by atomic mass is 10.1. The van der Waals surface area contributed by atoms with Crippen molar-refractivity contribution in [1.29, 1.82) is 0 Å². The predicted octanol–water partition coefficient (Wildman–Crippen LogP) is 1.94. The van der Waals surface area contributed by atoms with Gasteiger partial charge in [0.1, 0.15) is 6.04 Å². The average molecular weight is 230 g/mol. The quantitative estimate of drug-likeness (QED) is 0.833. The second kappa shape index (κ2) is 4.06. The Bertz CT molecular complexity index is 419. The summed E-state index contributed by atoms with van der Waals surface area (Å²) >= 11 is 0. The normalized spacial score (nSPS) is 29.4. The lowest BCUT2D eigenvalue weighted by molar-refractivity contribution is -0.121. The molecule has 0 radical (unpaired) electrons. The number of hydrogen-bond acceptors (Lipinski definition) is 2. The summed E-state index contributed by atoms with van der Waals surface area (Å²) in [5.74, 6) is 0.866. The lowest BCUT2D eigenvalue weighted by Crippen LogP contribution is -2.40. The van der Waals surface area contributed by atoms with Crippen LogP contribution >= 0.6 is 0 Å². The number of anilines is 1. The monoisotopic (exact) mass is 230 g/mol. The molecule has 3 rings (SSSR count). The molecular weight excluding hydrogens is 212 g/mol. The highest BCUT2D eigenvalue weighted by molar-refractivity contribution is 5.87. The Kier molecular flexibility index (Phi) is 2.54. The van der Waals surface area contributed by atoms with Gasteiger partial charge in [0.15, 0.2) is 0 Å². The Hall–Kier alpha value is -1.51. The molecule has 17 heavy (non-hydrogen) atoms. The molecule has 3 heteroatoms. The number of carbonyl (C=O) groups excluding carboxylic acids is 1. The van der Waals surface area contributed by atoms with E-state index in [9.17, 15) is 4.79 Å². The van der Waals surface area contributed by atoms with E-state index in [0.29, 0.717) is 12.0 Å². The van der Waals surface area contributed by atoms with E-state index in [1.807, 2.05) is 18.2 Å². The molecule has 1 fully saturated rings. The van der Waals surface area contributed by atoms with Gasteiger partial charge in [-0.2, -0.15) is 0 Å². The van der Waals surface area contributed by atoms with Gasteiger partial charge in [-0.15, -0.1) is 0 Å². The first-order valence-corrected chi connectivity index (χ1v) is 6.42. The number of benzene rings is 1. The van der Waals surface area contributed by atoms with E-state index in [4.69, 9.17) is 0 Å². The molecule has 3 atom stereocenters. The van der Waals surface area contributed by atoms with Crippen LogP contribution in [0.3, 0.4) is 0 Å². The molecule has 1 amide bonds.